The molecule has 2 N–H and O–H groups in total. The van der Waals surface area contributed by atoms with Gasteiger partial charge in [0.25, 0.3) is 0 Å². The molecule has 0 bridgehead atoms. The van der Waals surface area contributed by atoms with E-state index < -0.39 is 16.0 Å². The lowest BCUT2D eigenvalue weighted by Gasteiger charge is -2.06. The van der Waals surface area contributed by atoms with Crippen molar-refractivity contribution in [2.75, 3.05) is 0 Å². The lowest BCUT2D eigenvalue weighted by molar-refractivity contribution is 0.0702. The highest BCUT2D eigenvalue weighted by atomic mass is 35.5. The lowest BCUT2D eigenvalue weighted by atomic mass is 10.2. The molecule has 1 aromatic carbocycles. The number of benzene rings is 1. The fourth-order valence-electron chi connectivity index (χ4n) is 1.47. The Morgan fingerprint density at radius 1 is 1.35 bits per heavy atom. The van der Waals surface area contributed by atoms with Crippen LogP contribution in [0.25, 0.3) is 0 Å². The minimum Gasteiger partial charge on any atom is -0.477 e. The molecule has 0 aliphatic heterocycles. The average molecular weight is 332 g/mol. The van der Waals surface area contributed by atoms with Gasteiger partial charge in [-0.3, -0.25) is 0 Å². The smallest absolute Gasteiger partial charge is 0.345 e. The van der Waals surface area contributed by atoms with Crippen molar-refractivity contribution >= 4 is 38.9 Å². The molecule has 0 saturated heterocycles. The highest BCUT2D eigenvalue weighted by molar-refractivity contribution is 7.89. The van der Waals surface area contributed by atoms with Gasteiger partial charge >= 0.3 is 5.97 Å². The number of halogens is 1. The molecule has 5 nitrogen and oxygen atoms in total. The number of thiophene rings is 1. The molecule has 8 heteroatoms. The zero-order valence-corrected chi connectivity index (χ0v) is 12.4. The number of hydrogen-bond donors (Lipinski definition) is 2. The van der Waals surface area contributed by atoms with E-state index in [2.05, 4.69) is 4.72 Å². The molecule has 0 amide bonds. The third kappa shape index (κ3) is 3.37. The van der Waals surface area contributed by atoms with Crippen molar-refractivity contribution in [1.29, 1.82) is 0 Å². The van der Waals surface area contributed by atoms with Crippen LogP contribution in [-0.4, -0.2) is 19.5 Å². The predicted octanol–water partition coefficient (Wildman–Crippen LogP) is 2.58. The van der Waals surface area contributed by atoms with Gasteiger partial charge in [0.2, 0.25) is 10.0 Å². The van der Waals surface area contributed by atoms with Crippen molar-refractivity contribution < 1.29 is 18.3 Å². The number of aromatic carboxylic acids is 1. The fourth-order valence-corrected chi connectivity index (χ4v) is 3.79. The number of rotatable bonds is 5. The van der Waals surface area contributed by atoms with Crippen LogP contribution in [0, 0.1) is 0 Å². The van der Waals surface area contributed by atoms with Crippen molar-refractivity contribution in [2.24, 2.45) is 0 Å². The molecule has 106 valence electrons. The topological polar surface area (TPSA) is 83.5 Å². The molecule has 0 saturated carbocycles. The molecule has 0 aliphatic carbocycles. The molecule has 20 heavy (non-hydrogen) atoms. The first-order valence-electron chi connectivity index (χ1n) is 5.45. The Bertz CT molecular complexity index is 739. The maximum Gasteiger partial charge on any atom is 0.345 e. The molecule has 0 unspecified atom stereocenters. The molecule has 0 aliphatic rings. The molecule has 2 aromatic rings. The first kappa shape index (κ1) is 15.0. The van der Waals surface area contributed by atoms with Crippen LogP contribution in [-0.2, 0) is 16.6 Å². The highest BCUT2D eigenvalue weighted by Gasteiger charge is 2.18. The number of sulfonamides is 1. The number of carboxylic acids is 1. The number of hydrogen-bond acceptors (Lipinski definition) is 4. The van der Waals surface area contributed by atoms with Gasteiger partial charge in [0, 0.05) is 16.9 Å². The third-order valence-corrected chi connectivity index (χ3v) is 5.32. The zero-order chi connectivity index (χ0) is 14.8. The van der Waals surface area contributed by atoms with Crippen molar-refractivity contribution in [1.82, 2.24) is 4.72 Å². The summed E-state index contributed by atoms with van der Waals surface area (Å²) in [7, 11) is -3.75. The van der Waals surface area contributed by atoms with E-state index in [0.717, 1.165) is 17.4 Å². The van der Waals surface area contributed by atoms with Gasteiger partial charge in [-0.05, 0) is 17.7 Å². The molecular weight excluding hydrogens is 322 g/mol. The van der Waals surface area contributed by atoms with E-state index in [0.29, 0.717) is 10.6 Å². The minimum atomic E-state index is -3.75. The Labute approximate surface area is 124 Å². The minimum absolute atomic E-state index is 0.0249. The van der Waals surface area contributed by atoms with Gasteiger partial charge in [-0.25, -0.2) is 17.9 Å². The summed E-state index contributed by atoms with van der Waals surface area (Å²) < 4.78 is 26.4. The Balaban J connectivity index is 2.15. The van der Waals surface area contributed by atoms with Crippen LogP contribution in [0.5, 0.6) is 0 Å². The summed E-state index contributed by atoms with van der Waals surface area (Å²) in [6.45, 7) is 0.0419. The van der Waals surface area contributed by atoms with Crippen molar-refractivity contribution in [3.05, 3.63) is 51.2 Å². The van der Waals surface area contributed by atoms with E-state index in [1.165, 1.54) is 5.38 Å². The number of nitrogens with one attached hydrogen (secondary N) is 1. The summed E-state index contributed by atoms with van der Waals surface area (Å²) >= 11 is 6.80. The first-order valence-corrected chi connectivity index (χ1v) is 8.19. The second-order valence-corrected chi connectivity index (χ2v) is 6.95. The molecule has 0 fully saturated rings. The van der Waals surface area contributed by atoms with Gasteiger partial charge in [0.1, 0.15) is 4.88 Å². The Morgan fingerprint density at radius 2 is 2.05 bits per heavy atom. The summed E-state index contributed by atoms with van der Waals surface area (Å²) in [6, 6.07) is 8.00. The van der Waals surface area contributed by atoms with E-state index in [-0.39, 0.29) is 16.3 Å². The molecular formula is C12H10ClNO4S2. The average Bonchev–Trinajstić information content (AvgIpc) is 2.88. The van der Waals surface area contributed by atoms with E-state index in [4.69, 9.17) is 16.7 Å². The standard InChI is InChI=1S/C12H10ClNO4S2/c13-10-4-2-1-3-8(10)6-14-20(17,18)9-5-11(12(15)16)19-7-9/h1-5,7,14H,6H2,(H,15,16). The van der Waals surface area contributed by atoms with E-state index in [9.17, 15) is 13.2 Å². The normalized spacial score (nSPS) is 11.4. The van der Waals surface area contributed by atoms with Crippen LogP contribution < -0.4 is 4.72 Å². The van der Waals surface area contributed by atoms with Crippen LogP contribution in [0.4, 0.5) is 0 Å². The SMILES string of the molecule is O=C(O)c1cc(S(=O)(=O)NCc2ccccc2Cl)cs1. The summed E-state index contributed by atoms with van der Waals surface area (Å²) in [4.78, 5) is 10.7. The van der Waals surface area contributed by atoms with E-state index in [1.54, 1.807) is 24.3 Å². The fraction of sp³-hybridized carbons (Fsp3) is 0.0833. The maximum absolute atomic E-state index is 12.0. The molecule has 0 atom stereocenters. The zero-order valence-electron chi connectivity index (χ0n) is 10.0. The third-order valence-electron chi connectivity index (χ3n) is 2.51. The maximum atomic E-state index is 12.0. The van der Waals surface area contributed by atoms with Crippen molar-refractivity contribution in [3.8, 4) is 0 Å². The quantitative estimate of drug-likeness (QED) is 0.882. The van der Waals surface area contributed by atoms with Crippen molar-refractivity contribution in [2.45, 2.75) is 11.4 Å². The first-order chi connectivity index (χ1) is 9.40. The van der Waals surface area contributed by atoms with Crippen LogP contribution in [0.15, 0.2) is 40.6 Å². The summed E-state index contributed by atoms with van der Waals surface area (Å²) in [6.07, 6.45) is 0. The number of carbonyl (C=O) groups is 1. The van der Waals surface area contributed by atoms with Gasteiger partial charge in [0.05, 0.1) is 4.90 Å². The van der Waals surface area contributed by atoms with E-state index in [1.807, 2.05) is 0 Å². The summed E-state index contributed by atoms with van der Waals surface area (Å²) in [5.74, 6) is -1.15. The lowest BCUT2D eigenvalue weighted by Crippen LogP contribution is -2.23. The molecule has 0 radical (unpaired) electrons. The Kier molecular flexibility index (Phi) is 4.44. The summed E-state index contributed by atoms with van der Waals surface area (Å²) in [5.41, 5.74) is 0.645. The summed E-state index contributed by atoms with van der Waals surface area (Å²) in [5, 5.41) is 10.5. The molecule has 1 heterocycles. The largest absolute Gasteiger partial charge is 0.477 e. The molecule has 1 aromatic heterocycles. The van der Waals surface area contributed by atoms with Crippen LogP contribution in [0.3, 0.4) is 0 Å². The van der Waals surface area contributed by atoms with Crippen LogP contribution in [0.2, 0.25) is 5.02 Å². The Hall–Kier alpha value is -1.41. The van der Waals surface area contributed by atoms with Crippen molar-refractivity contribution in [3.63, 3.8) is 0 Å². The number of carboxylic acid groups (broad SMARTS) is 1. The second kappa shape index (κ2) is 5.92. The van der Waals surface area contributed by atoms with Gasteiger partial charge in [-0.1, -0.05) is 29.8 Å². The second-order valence-electron chi connectivity index (χ2n) is 3.87. The monoisotopic (exact) mass is 331 g/mol. The van der Waals surface area contributed by atoms with Gasteiger partial charge < -0.3 is 5.11 Å². The van der Waals surface area contributed by atoms with Gasteiger partial charge in [-0.15, -0.1) is 11.3 Å². The molecule has 0 spiro atoms. The highest BCUT2D eigenvalue weighted by Crippen LogP contribution is 2.20. The Morgan fingerprint density at radius 3 is 2.65 bits per heavy atom. The van der Waals surface area contributed by atoms with Gasteiger partial charge in [0.15, 0.2) is 0 Å². The van der Waals surface area contributed by atoms with E-state index >= 15 is 0 Å². The van der Waals surface area contributed by atoms with Crippen LogP contribution in [0.1, 0.15) is 15.2 Å². The predicted molar refractivity (Wildman–Crippen MR) is 76.8 cm³/mol. The molecule has 2 rings (SSSR count). The van der Waals surface area contributed by atoms with Gasteiger partial charge in [-0.2, -0.15) is 0 Å². The van der Waals surface area contributed by atoms with Crippen LogP contribution >= 0.6 is 22.9 Å².